The molecule has 0 spiro atoms. The van der Waals surface area contributed by atoms with Crippen molar-refractivity contribution in [3.8, 4) is 0 Å². The lowest BCUT2D eigenvalue weighted by Crippen LogP contribution is -2.08. The van der Waals surface area contributed by atoms with Crippen molar-refractivity contribution in [2.45, 2.75) is 26.3 Å². The van der Waals surface area contributed by atoms with Crippen LogP contribution >= 0.6 is 0 Å². The molecule has 0 heterocycles. The third-order valence-electron chi connectivity index (χ3n) is 3.47. The summed E-state index contributed by atoms with van der Waals surface area (Å²) >= 11 is 0. The summed E-state index contributed by atoms with van der Waals surface area (Å²) in [5, 5.41) is 3.55. The Morgan fingerprint density at radius 1 is 0.950 bits per heavy atom. The van der Waals surface area contributed by atoms with Gasteiger partial charge in [-0.05, 0) is 35.7 Å². The van der Waals surface area contributed by atoms with E-state index in [0.717, 1.165) is 13.0 Å². The third kappa shape index (κ3) is 3.77. The normalized spacial score (nSPS) is 10.3. The van der Waals surface area contributed by atoms with Crippen LogP contribution in [0.25, 0.3) is 0 Å². The fourth-order valence-corrected chi connectivity index (χ4v) is 2.29. The highest BCUT2D eigenvalue weighted by atomic mass is 15.1. The average molecular weight is 268 g/mol. The molecule has 20 heavy (non-hydrogen) atoms. The lowest BCUT2D eigenvalue weighted by molar-refractivity contribution is 0.919. The van der Waals surface area contributed by atoms with Crippen LogP contribution in [0, 0.1) is 0 Å². The van der Waals surface area contributed by atoms with Gasteiger partial charge in [0.1, 0.15) is 0 Å². The third-order valence-corrected chi connectivity index (χ3v) is 3.47. The van der Waals surface area contributed by atoms with Crippen LogP contribution in [-0.2, 0) is 13.0 Å². The summed E-state index contributed by atoms with van der Waals surface area (Å²) in [6.45, 7) is 3.09. The molecule has 0 radical (unpaired) electrons. The summed E-state index contributed by atoms with van der Waals surface area (Å²) in [4.78, 5) is 2.12. The molecule has 106 valence electrons. The molecule has 2 heteroatoms. The Bertz CT molecular complexity index is 529. The van der Waals surface area contributed by atoms with Crippen LogP contribution < -0.4 is 10.2 Å². The van der Waals surface area contributed by atoms with Gasteiger partial charge in [0.05, 0.1) is 0 Å². The largest absolute Gasteiger partial charge is 0.381 e. The van der Waals surface area contributed by atoms with Crippen LogP contribution in [0.15, 0.2) is 48.5 Å². The SMILES string of the molecule is CCCc1ccccc1NCc1ccc(N(C)C)cc1. The average Bonchev–Trinajstić information content (AvgIpc) is 2.47. The first kappa shape index (κ1) is 14.4. The Morgan fingerprint density at radius 2 is 1.65 bits per heavy atom. The fourth-order valence-electron chi connectivity index (χ4n) is 2.29. The van der Waals surface area contributed by atoms with Crippen LogP contribution in [0.3, 0.4) is 0 Å². The molecule has 0 fully saturated rings. The monoisotopic (exact) mass is 268 g/mol. The van der Waals surface area contributed by atoms with E-state index in [9.17, 15) is 0 Å². The highest BCUT2D eigenvalue weighted by Gasteiger charge is 2.01. The van der Waals surface area contributed by atoms with Crippen LogP contribution in [0.4, 0.5) is 11.4 Å². The molecule has 0 aromatic heterocycles. The predicted octanol–water partition coefficient (Wildman–Crippen LogP) is 4.32. The molecule has 0 unspecified atom stereocenters. The molecule has 0 bridgehead atoms. The zero-order chi connectivity index (χ0) is 14.4. The van der Waals surface area contributed by atoms with Gasteiger partial charge < -0.3 is 10.2 Å². The number of hydrogen-bond donors (Lipinski definition) is 1. The highest BCUT2D eigenvalue weighted by molar-refractivity contribution is 5.52. The second-order valence-corrected chi connectivity index (χ2v) is 5.32. The van der Waals surface area contributed by atoms with E-state index < -0.39 is 0 Å². The number of benzene rings is 2. The molecule has 0 aliphatic carbocycles. The number of hydrogen-bond acceptors (Lipinski definition) is 2. The quantitative estimate of drug-likeness (QED) is 0.839. The molecule has 2 aromatic carbocycles. The molecule has 0 aliphatic rings. The molecule has 0 saturated heterocycles. The number of nitrogens with zero attached hydrogens (tertiary/aromatic N) is 1. The molecule has 2 nitrogen and oxygen atoms in total. The maximum atomic E-state index is 3.55. The maximum absolute atomic E-state index is 3.55. The van der Waals surface area contributed by atoms with Gasteiger partial charge in [0.25, 0.3) is 0 Å². The molecular formula is C18H24N2. The first-order valence-electron chi connectivity index (χ1n) is 7.28. The van der Waals surface area contributed by atoms with Crippen molar-refractivity contribution < 1.29 is 0 Å². The fraction of sp³-hybridized carbons (Fsp3) is 0.333. The Labute approximate surface area is 122 Å². The number of aryl methyl sites for hydroxylation is 1. The van der Waals surface area contributed by atoms with Gasteiger partial charge in [-0.15, -0.1) is 0 Å². The Morgan fingerprint density at radius 3 is 2.30 bits per heavy atom. The minimum Gasteiger partial charge on any atom is -0.381 e. The van der Waals surface area contributed by atoms with E-state index in [4.69, 9.17) is 0 Å². The molecule has 0 aliphatic heterocycles. The standard InChI is InChI=1S/C18H24N2/c1-4-7-16-8-5-6-9-18(16)19-14-15-10-12-17(13-11-15)20(2)3/h5-6,8-13,19H,4,7,14H2,1-3H3. The van der Waals surface area contributed by atoms with Crippen molar-refractivity contribution in [2.24, 2.45) is 0 Å². The van der Waals surface area contributed by atoms with Crippen LogP contribution in [0.1, 0.15) is 24.5 Å². The number of nitrogens with one attached hydrogen (secondary N) is 1. The Hall–Kier alpha value is -1.96. The van der Waals surface area contributed by atoms with Crippen molar-refractivity contribution in [2.75, 3.05) is 24.3 Å². The van der Waals surface area contributed by atoms with Gasteiger partial charge in [-0.25, -0.2) is 0 Å². The van der Waals surface area contributed by atoms with E-state index in [1.165, 1.54) is 28.9 Å². The van der Waals surface area contributed by atoms with E-state index in [0.29, 0.717) is 0 Å². The lowest BCUT2D eigenvalue weighted by atomic mass is 10.1. The maximum Gasteiger partial charge on any atom is 0.0400 e. The summed E-state index contributed by atoms with van der Waals surface area (Å²) in [7, 11) is 4.13. The lowest BCUT2D eigenvalue weighted by Gasteiger charge is -2.14. The summed E-state index contributed by atoms with van der Waals surface area (Å²) in [5.74, 6) is 0. The first-order valence-corrected chi connectivity index (χ1v) is 7.28. The van der Waals surface area contributed by atoms with Gasteiger partial charge in [-0.1, -0.05) is 43.7 Å². The van der Waals surface area contributed by atoms with E-state index >= 15 is 0 Å². The summed E-state index contributed by atoms with van der Waals surface area (Å²) in [6.07, 6.45) is 2.30. The van der Waals surface area contributed by atoms with Crippen molar-refractivity contribution in [1.82, 2.24) is 0 Å². The van der Waals surface area contributed by atoms with Crippen molar-refractivity contribution >= 4 is 11.4 Å². The number of rotatable bonds is 6. The second-order valence-electron chi connectivity index (χ2n) is 5.32. The van der Waals surface area contributed by atoms with E-state index in [2.05, 4.69) is 79.8 Å². The van der Waals surface area contributed by atoms with Gasteiger partial charge in [-0.3, -0.25) is 0 Å². The van der Waals surface area contributed by atoms with E-state index in [1.54, 1.807) is 0 Å². The molecule has 0 atom stereocenters. The van der Waals surface area contributed by atoms with Crippen LogP contribution in [0.2, 0.25) is 0 Å². The van der Waals surface area contributed by atoms with Crippen molar-refractivity contribution in [1.29, 1.82) is 0 Å². The minimum absolute atomic E-state index is 0.869. The first-order chi connectivity index (χ1) is 9.70. The number of para-hydroxylation sites is 1. The summed E-state index contributed by atoms with van der Waals surface area (Å²) < 4.78 is 0. The highest BCUT2D eigenvalue weighted by Crippen LogP contribution is 2.18. The summed E-state index contributed by atoms with van der Waals surface area (Å²) in [5.41, 5.74) is 5.20. The smallest absolute Gasteiger partial charge is 0.0400 e. The van der Waals surface area contributed by atoms with E-state index in [-0.39, 0.29) is 0 Å². The topological polar surface area (TPSA) is 15.3 Å². The molecule has 0 saturated carbocycles. The molecule has 0 amide bonds. The Balaban J connectivity index is 2.01. The Kier molecular flexibility index (Phi) is 5.05. The summed E-state index contributed by atoms with van der Waals surface area (Å²) in [6, 6.07) is 17.3. The van der Waals surface area contributed by atoms with Gasteiger partial charge in [0.2, 0.25) is 0 Å². The molecule has 1 N–H and O–H groups in total. The molecular weight excluding hydrogens is 244 g/mol. The zero-order valence-electron chi connectivity index (χ0n) is 12.7. The van der Waals surface area contributed by atoms with Crippen LogP contribution in [0.5, 0.6) is 0 Å². The van der Waals surface area contributed by atoms with Gasteiger partial charge in [0.15, 0.2) is 0 Å². The van der Waals surface area contributed by atoms with Gasteiger partial charge >= 0.3 is 0 Å². The van der Waals surface area contributed by atoms with Gasteiger partial charge in [0, 0.05) is 32.0 Å². The van der Waals surface area contributed by atoms with Crippen molar-refractivity contribution in [3.05, 3.63) is 59.7 Å². The van der Waals surface area contributed by atoms with E-state index in [1.807, 2.05) is 0 Å². The zero-order valence-corrected chi connectivity index (χ0v) is 12.7. The predicted molar refractivity (Wildman–Crippen MR) is 88.5 cm³/mol. The molecule has 2 aromatic rings. The van der Waals surface area contributed by atoms with Crippen molar-refractivity contribution in [3.63, 3.8) is 0 Å². The second kappa shape index (κ2) is 6.99. The van der Waals surface area contributed by atoms with Crippen LogP contribution in [-0.4, -0.2) is 14.1 Å². The van der Waals surface area contributed by atoms with Gasteiger partial charge in [-0.2, -0.15) is 0 Å². The number of anilines is 2. The molecule has 2 rings (SSSR count). The minimum atomic E-state index is 0.869.